The van der Waals surface area contributed by atoms with Crippen molar-refractivity contribution >= 4 is 17.1 Å². The van der Waals surface area contributed by atoms with E-state index in [4.69, 9.17) is 4.74 Å². The molecular weight excluding hydrogens is 445 g/mol. The van der Waals surface area contributed by atoms with Gasteiger partial charge in [-0.05, 0) is 62.5 Å². The second-order valence-electron chi connectivity index (χ2n) is 10.0. The second kappa shape index (κ2) is 8.91. The second-order valence-corrected chi connectivity index (χ2v) is 10.0. The van der Waals surface area contributed by atoms with E-state index in [1.54, 1.807) is 19.4 Å². The van der Waals surface area contributed by atoms with Crippen LogP contribution in [-0.2, 0) is 15.1 Å². The third-order valence-electron chi connectivity index (χ3n) is 7.95. The van der Waals surface area contributed by atoms with Crippen LogP contribution in [0, 0.1) is 11.7 Å². The first-order chi connectivity index (χ1) is 17.1. The standard InChI is InChI=1S/C27H32FN5O2/c1-35-27(7-10-29-11-8-27)21-4-5-22(23(28)17-21)20-16-25-24(6-9-30-33(25)18-20)31-12-14-32(15-13-31)26(34)19-2-3-19/h4-6,9,16-19,29H,2-3,7-8,10-15H2,1H3. The molecule has 6 rings (SSSR count). The number of rotatable bonds is 5. The Balaban J connectivity index is 1.26. The number of amides is 1. The summed E-state index contributed by atoms with van der Waals surface area (Å²) in [5, 5.41) is 7.83. The number of piperidine rings is 1. The first-order valence-electron chi connectivity index (χ1n) is 12.7. The normalized spacial score (nSPS) is 20.4. The van der Waals surface area contributed by atoms with Gasteiger partial charge in [-0.3, -0.25) is 4.79 Å². The molecule has 0 radical (unpaired) electrons. The molecule has 0 spiro atoms. The van der Waals surface area contributed by atoms with Crippen molar-refractivity contribution in [3.8, 4) is 11.1 Å². The summed E-state index contributed by atoms with van der Waals surface area (Å²) in [7, 11) is 1.71. The number of carbonyl (C=O) groups excluding carboxylic acids is 1. The van der Waals surface area contributed by atoms with E-state index >= 15 is 4.39 Å². The topological polar surface area (TPSA) is 62.1 Å². The molecule has 1 aliphatic carbocycles. The molecule has 1 amide bonds. The van der Waals surface area contributed by atoms with Gasteiger partial charge in [-0.15, -0.1) is 0 Å². The summed E-state index contributed by atoms with van der Waals surface area (Å²) in [5.74, 6) is 0.326. The van der Waals surface area contributed by atoms with Crippen LogP contribution in [0.2, 0.25) is 0 Å². The minimum atomic E-state index is -0.437. The summed E-state index contributed by atoms with van der Waals surface area (Å²) in [4.78, 5) is 16.7. The number of piperazine rings is 1. The van der Waals surface area contributed by atoms with Crippen molar-refractivity contribution in [1.29, 1.82) is 0 Å². The molecule has 7 nitrogen and oxygen atoms in total. The Kier molecular flexibility index (Phi) is 5.73. The zero-order valence-electron chi connectivity index (χ0n) is 20.2. The molecule has 1 N–H and O–H groups in total. The summed E-state index contributed by atoms with van der Waals surface area (Å²) >= 11 is 0. The Morgan fingerprint density at radius 2 is 1.89 bits per heavy atom. The van der Waals surface area contributed by atoms with Crippen molar-refractivity contribution in [2.75, 3.05) is 51.3 Å². The van der Waals surface area contributed by atoms with Crippen molar-refractivity contribution in [3.63, 3.8) is 0 Å². The first-order valence-corrected chi connectivity index (χ1v) is 12.7. The van der Waals surface area contributed by atoms with Crippen LogP contribution in [0.4, 0.5) is 10.1 Å². The van der Waals surface area contributed by atoms with E-state index in [-0.39, 0.29) is 11.7 Å². The van der Waals surface area contributed by atoms with E-state index in [1.165, 1.54) is 0 Å². The average Bonchev–Trinajstić information content (AvgIpc) is 3.66. The molecule has 2 aliphatic heterocycles. The van der Waals surface area contributed by atoms with Gasteiger partial charge < -0.3 is 19.9 Å². The lowest BCUT2D eigenvalue weighted by molar-refractivity contribution is -0.132. The van der Waals surface area contributed by atoms with E-state index in [0.717, 1.165) is 87.3 Å². The van der Waals surface area contributed by atoms with E-state index in [9.17, 15) is 4.79 Å². The molecule has 0 bridgehead atoms. The van der Waals surface area contributed by atoms with Gasteiger partial charge >= 0.3 is 0 Å². The Morgan fingerprint density at radius 1 is 1.11 bits per heavy atom. The third-order valence-corrected chi connectivity index (χ3v) is 7.95. The summed E-state index contributed by atoms with van der Waals surface area (Å²) in [6.07, 6.45) is 7.40. The molecule has 35 heavy (non-hydrogen) atoms. The van der Waals surface area contributed by atoms with Gasteiger partial charge in [-0.2, -0.15) is 5.10 Å². The van der Waals surface area contributed by atoms with Crippen LogP contribution in [0.3, 0.4) is 0 Å². The van der Waals surface area contributed by atoms with Crippen molar-refractivity contribution in [2.45, 2.75) is 31.3 Å². The largest absolute Gasteiger partial charge is 0.373 e. The number of halogens is 1. The molecule has 3 aromatic rings. The van der Waals surface area contributed by atoms with Gasteiger partial charge in [0.25, 0.3) is 0 Å². The van der Waals surface area contributed by atoms with Crippen LogP contribution in [0.5, 0.6) is 0 Å². The number of methoxy groups -OCH3 is 1. The predicted octanol–water partition coefficient (Wildman–Crippen LogP) is 3.42. The van der Waals surface area contributed by atoms with Crippen LogP contribution in [0.25, 0.3) is 16.6 Å². The molecule has 0 unspecified atom stereocenters. The van der Waals surface area contributed by atoms with Crippen LogP contribution in [-0.4, -0.2) is 66.8 Å². The van der Waals surface area contributed by atoms with Crippen LogP contribution >= 0.6 is 0 Å². The van der Waals surface area contributed by atoms with Gasteiger partial charge in [0.2, 0.25) is 5.91 Å². The average molecular weight is 478 g/mol. The minimum absolute atomic E-state index is 0.248. The lowest BCUT2D eigenvalue weighted by Gasteiger charge is -2.37. The SMILES string of the molecule is COC1(c2ccc(-c3cc4c(N5CCN(C(=O)C6CC6)CC5)ccnn4c3)c(F)c2)CCNCC1. The van der Waals surface area contributed by atoms with E-state index in [2.05, 4.69) is 15.3 Å². The zero-order valence-corrected chi connectivity index (χ0v) is 20.2. The highest BCUT2D eigenvalue weighted by molar-refractivity contribution is 5.82. The lowest BCUT2D eigenvalue weighted by Crippen LogP contribution is -2.49. The van der Waals surface area contributed by atoms with Crippen molar-refractivity contribution < 1.29 is 13.9 Å². The van der Waals surface area contributed by atoms with E-state index in [0.29, 0.717) is 11.5 Å². The summed E-state index contributed by atoms with van der Waals surface area (Å²) in [6.45, 7) is 4.78. The fraction of sp³-hybridized carbons (Fsp3) is 0.481. The molecule has 0 atom stereocenters. The molecule has 2 aromatic heterocycles. The number of fused-ring (bicyclic) bond motifs is 1. The van der Waals surface area contributed by atoms with Gasteiger partial charge in [0, 0.05) is 62.7 Å². The Labute approximate surface area is 204 Å². The molecule has 4 heterocycles. The maximum absolute atomic E-state index is 15.4. The number of benzene rings is 1. The van der Waals surface area contributed by atoms with E-state index < -0.39 is 5.60 Å². The number of ether oxygens (including phenoxy) is 1. The fourth-order valence-corrected chi connectivity index (χ4v) is 5.64. The lowest BCUT2D eigenvalue weighted by atomic mass is 9.84. The maximum atomic E-state index is 15.4. The number of hydrogen-bond donors (Lipinski definition) is 1. The summed E-state index contributed by atoms with van der Waals surface area (Å²) < 4.78 is 23.1. The molecule has 1 saturated carbocycles. The number of aromatic nitrogens is 2. The Morgan fingerprint density at radius 3 is 2.57 bits per heavy atom. The van der Waals surface area contributed by atoms with Gasteiger partial charge in [0.15, 0.2) is 0 Å². The Hall–Kier alpha value is -2.97. The van der Waals surface area contributed by atoms with E-state index in [1.807, 2.05) is 39.9 Å². The third kappa shape index (κ3) is 4.08. The predicted molar refractivity (Wildman–Crippen MR) is 133 cm³/mol. The molecule has 3 aliphatic rings. The summed E-state index contributed by atoms with van der Waals surface area (Å²) in [6, 6.07) is 9.52. The summed E-state index contributed by atoms with van der Waals surface area (Å²) in [5.41, 5.74) is 3.82. The van der Waals surface area contributed by atoms with Crippen LogP contribution < -0.4 is 10.2 Å². The number of carbonyl (C=O) groups is 1. The number of nitrogens with one attached hydrogen (secondary N) is 1. The number of hydrogen-bond acceptors (Lipinski definition) is 5. The first kappa shape index (κ1) is 22.5. The molecule has 2 saturated heterocycles. The van der Waals surface area contributed by atoms with Crippen LogP contribution in [0.15, 0.2) is 42.7 Å². The van der Waals surface area contributed by atoms with Crippen molar-refractivity contribution in [3.05, 3.63) is 54.1 Å². The monoisotopic (exact) mass is 477 g/mol. The van der Waals surface area contributed by atoms with Crippen LogP contribution in [0.1, 0.15) is 31.2 Å². The number of anilines is 1. The molecule has 3 fully saturated rings. The smallest absolute Gasteiger partial charge is 0.225 e. The highest BCUT2D eigenvalue weighted by Gasteiger charge is 2.35. The van der Waals surface area contributed by atoms with Gasteiger partial charge in [-0.25, -0.2) is 8.91 Å². The van der Waals surface area contributed by atoms with Crippen molar-refractivity contribution in [1.82, 2.24) is 19.8 Å². The quantitative estimate of drug-likeness (QED) is 0.610. The highest BCUT2D eigenvalue weighted by atomic mass is 19.1. The van der Waals surface area contributed by atoms with Gasteiger partial charge in [0.05, 0.1) is 16.8 Å². The number of nitrogens with zero attached hydrogens (tertiary/aromatic N) is 4. The zero-order chi connectivity index (χ0) is 24.0. The Bertz CT molecular complexity index is 1240. The van der Waals surface area contributed by atoms with Crippen molar-refractivity contribution in [2.24, 2.45) is 5.92 Å². The molecule has 1 aromatic carbocycles. The molecular formula is C27H32FN5O2. The minimum Gasteiger partial charge on any atom is -0.373 e. The van der Waals surface area contributed by atoms with Gasteiger partial charge in [0.1, 0.15) is 5.82 Å². The molecule has 184 valence electrons. The highest BCUT2D eigenvalue weighted by Crippen LogP contribution is 2.37. The fourth-order valence-electron chi connectivity index (χ4n) is 5.64. The maximum Gasteiger partial charge on any atom is 0.225 e. The van der Waals surface area contributed by atoms with Gasteiger partial charge in [-0.1, -0.05) is 12.1 Å². The molecule has 8 heteroatoms.